The SMILES string of the molecule is CCCNC(=O)c1c(NC(=O)COc2ccc3ccccc3c2)cnn1C. The van der Waals surface area contributed by atoms with E-state index in [4.69, 9.17) is 4.74 Å². The van der Waals surface area contributed by atoms with Crippen LogP contribution in [0.1, 0.15) is 23.8 Å². The number of carbonyl (C=O) groups excluding carboxylic acids is 2. The van der Waals surface area contributed by atoms with E-state index in [0.717, 1.165) is 17.2 Å². The van der Waals surface area contributed by atoms with Gasteiger partial charge in [-0.15, -0.1) is 0 Å². The van der Waals surface area contributed by atoms with Crippen LogP contribution in [-0.2, 0) is 11.8 Å². The zero-order valence-electron chi connectivity index (χ0n) is 15.4. The number of amides is 2. The van der Waals surface area contributed by atoms with Crippen LogP contribution in [0.4, 0.5) is 5.69 Å². The summed E-state index contributed by atoms with van der Waals surface area (Å²) in [7, 11) is 1.65. The largest absolute Gasteiger partial charge is 0.484 e. The molecule has 7 nitrogen and oxygen atoms in total. The van der Waals surface area contributed by atoms with Crippen LogP contribution in [0, 0.1) is 0 Å². The van der Waals surface area contributed by atoms with Gasteiger partial charge in [0.1, 0.15) is 11.4 Å². The maximum Gasteiger partial charge on any atom is 0.271 e. The molecule has 3 aromatic rings. The van der Waals surface area contributed by atoms with Crippen LogP contribution in [0.25, 0.3) is 10.8 Å². The van der Waals surface area contributed by atoms with E-state index in [1.54, 1.807) is 7.05 Å². The summed E-state index contributed by atoms with van der Waals surface area (Å²) in [5, 5.41) is 11.7. The molecular formula is C20H22N4O3. The third kappa shape index (κ3) is 4.44. The quantitative estimate of drug-likeness (QED) is 0.673. The van der Waals surface area contributed by atoms with Gasteiger partial charge in [-0.25, -0.2) is 0 Å². The normalized spacial score (nSPS) is 10.6. The van der Waals surface area contributed by atoms with Crippen molar-refractivity contribution < 1.29 is 14.3 Å². The molecule has 1 aromatic heterocycles. The minimum atomic E-state index is -0.360. The first-order chi connectivity index (χ1) is 13.1. The molecule has 7 heteroatoms. The van der Waals surface area contributed by atoms with Gasteiger partial charge in [0.15, 0.2) is 6.61 Å². The molecule has 2 aromatic carbocycles. The first-order valence-corrected chi connectivity index (χ1v) is 8.80. The topological polar surface area (TPSA) is 85.2 Å². The van der Waals surface area contributed by atoms with Gasteiger partial charge >= 0.3 is 0 Å². The number of ether oxygens (including phenoxy) is 1. The summed E-state index contributed by atoms with van der Waals surface area (Å²) in [6, 6.07) is 13.6. The predicted molar refractivity (Wildman–Crippen MR) is 104 cm³/mol. The van der Waals surface area contributed by atoms with Gasteiger partial charge in [-0.1, -0.05) is 37.3 Å². The number of fused-ring (bicyclic) bond motifs is 1. The van der Waals surface area contributed by atoms with Crippen LogP contribution in [-0.4, -0.2) is 34.7 Å². The molecule has 0 saturated carbocycles. The highest BCUT2D eigenvalue weighted by Gasteiger charge is 2.18. The Kier molecular flexibility index (Phi) is 5.71. The Labute approximate surface area is 157 Å². The zero-order valence-corrected chi connectivity index (χ0v) is 15.4. The maximum atomic E-state index is 12.2. The molecule has 140 valence electrons. The highest BCUT2D eigenvalue weighted by atomic mass is 16.5. The molecular weight excluding hydrogens is 344 g/mol. The van der Waals surface area contributed by atoms with Gasteiger partial charge in [-0.3, -0.25) is 14.3 Å². The van der Waals surface area contributed by atoms with Crippen molar-refractivity contribution in [3.8, 4) is 5.75 Å². The average Bonchev–Trinajstić information content (AvgIpc) is 3.04. The number of nitrogens with zero attached hydrogens (tertiary/aromatic N) is 2. The standard InChI is InChI=1S/C20H22N4O3/c1-3-10-21-20(26)19-17(12-22-24(19)2)23-18(25)13-27-16-9-8-14-6-4-5-7-15(14)11-16/h4-9,11-12H,3,10,13H2,1-2H3,(H,21,26)(H,23,25). The fourth-order valence-electron chi connectivity index (χ4n) is 2.71. The Morgan fingerprint density at radius 3 is 2.70 bits per heavy atom. The van der Waals surface area contributed by atoms with Crippen molar-refractivity contribution >= 4 is 28.3 Å². The monoisotopic (exact) mass is 366 g/mol. The Morgan fingerprint density at radius 1 is 1.15 bits per heavy atom. The lowest BCUT2D eigenvalue weighted by atomic mass is 10.1. The van der Waals surface area contributed by atoms with Gasteiger partial charge in [-0.2, -0.15) is 5.10 Å². The second-order valence-electron chi connectivity index (χ2n) is 6.13. The van der Waals surface area contributed by atoms with Crippen LogP contribution in [0.2, 0.25) is 0 Å². The van der Waals surface area contributed by atoms with Gasteiger partial charge in [0, 0.05) is 13.6 Å². The molecule has 3 rings (SSSR count). The number of aryl methyl sites for hydroxylation is 1. The minimum Gasteiger partial charge on any atom is -0.484 e. The van der Waals surface area contributed by atoms with Crippen molar-refractivity contribution in [3.63, 3.8) is 0 Å². The number of anilines is 1. The molecule has 2 amide bonds. The molecule has 27 heavy (non-hydrogen) atoms. The summed E-state index contributed by atoms with van der Waals surface area (Å²) < 4.78 is 7.02. The summed E-state index contributed by atoms with van der Waals surface area (Å²) in [4.78, 5) is 24.5. The van der Waals surface area contributed by atoms with Gasteiger partial charge in [0.25, 0.3) is 11.8 Å². The van der Waals surface area contributed by atoms with Crippen molar-refractivity contribution in [2.24, 2.45) is 7.05 Å². The Hall–Kier alpha value is -3.35. The first-order valence-electron chi connectivity index (χ1n) is 8.80. The Bertz CT molecular complexity index is 965. The number of rotatable bonds is 7. The lowest BCUT2D eigenvalue weighted by molar-refractivity contribution is -0.118. The molecule has 0 saturated heterocycles. The van der Waals surface area contributed by atoms with Crippen molar-refractivity contribution in [2.45, 2.75) is 13.3 Å². The molecule has 0 atom stereocenters. The summed E-state index contributed by atoms with van der Waals surface area (Å²) >= 11 is 0. The van der Waals surface area contributed by atoms with Gasteiger partial charge in [0.2, 0.25) is 0 Å². The molecule has 0 radical (unpaired) electrons. The maximum absolute atomic E-state index is 12.2. The fourth-order valence-corrected chi connectivity index (χ4v) is 2.71. The third-order valence-electron chi connectivity index (χ3n) is 4.05. The van der Waals surface area contributed by atoms with Crippen molar-refractivity contribution in [1.29, 1.82) is 0 Å². The molecule has 0 aliphatic carbocycles. The number of hydrogen-bond acceptors (Lipinski definition) is 4. The smallest absolute Gasteiger partial charge is 0.271 e. The summed E-state index contributed by atoms with van der Waals surface area (Å²) in [6.45, 7) is 2.36. The molecule has 0 fully saturated rings. The minimum absolute atomic E-state index is 0.163. The van der Waals surface area contributed by atoms with E-state index in [1.165, 1.54) is 10.9 Å². The second kappa shape index (κ2) is 8.35. The summed E-state index contributed by atoms with van der Waals surface area (Å²) in [5.41, 5.74) is 0.667. The number of carbonyl (C=O) groups is 2. The molecule has 0 aliphatic rings. The van der Waals surface area contributed by atoms with Crippen molar-refractivity contribution in [2.75, 3.05) is 18.5 Å². The van der Waals surface area contributed by atoms with Crippen LogP contribution >= 0.6 is 0 Å². The highest BCUT2D eigenvalue weighted by Crippen LogP contribution is 2.20. The number of nitrogens with one attached hydrogen (secondary N) is 2. The van der Waals surface area contributed by atoms with Crippen molar-refractivity contribution in [1.82, 2.24) is 15.1 Å². The van der Waals surface area contributed by atoms with E-state index in [9.17, 15) is 9.59 Å². The lowest BCUT2D eigenvalue weighted by Crippen LogP contribution is -2.28. The molecule has 0 spiro atoms. The molecule has 0 unspecified atom stereocenters. The Balaban J connectivity index is 1.63. The average molecular weight is 366 g/mol. The lowest BCUT2D eigenvalue weighted by Gasteiger charge is -2.10. The molecule has 0 aliphatic heterocycles. The number of benzene rings is 2. The zero-order chi connectivity index (χ0) is 19.2. The fraction of sp³-hybridized carbons (Fsp3) is 0.250. The second-order valence-corrected chi connectivity index (χ2v) is 6.13. The first kappa shape index (κ1) is 18.4. The van der Waals surface area contributed by atoms with E-state index in [1.807, 2.05) is 49.4 Å². The van der Waals surface area contributed by atoms with Gasteiger partial charge in [0.05, 0.1) is 11.9 Å². The van der Waals surface area contributed by atoms with E-state index in [-0.39, 0.29) is 18.4 Å². The van der Waals surface area contributed by atoms with Crippen LogP contribution in [0.5, 0.6) is 5.75 Å². The van der Waals surface area contributed by atoms with E-state index < -0.39 is 0 Å². The third-order valence-corrected chi connectivity index (χ3v) is 4.05. The Morgan fingerprint density at radius 2 is 1.93 bits per heavy atom. The molecule has 1 heterocycles. The molecule has 2 N–H and O–H groups in total. The van der Waals surface area contributed by atoms with E-state index in [0.29, 0.717) is 23.7 Å². The number of aromatic nitrogens is 2. The van der Waals surface area contributed by atoms with E-state index >= 15 is 0 Å². The van der Waals surface area contributed by atoms with Crippen LogP contribution in [0.3, 0.4) is 0 Å². The van der Waals surface area contributed by atoms with Gasteiger partial charge in [-0.05, 0) is 29.3 Å². The predicted octanol–water partition coefficient (Wildman–Crippen LogP) is 2.73. The molecule has 0 bridgehead atoms. The van der Waals surface area contributed by atoms with Crippen LogP contribution < -0.4 is 15.4 Å². The summed E-state index contributed by atoms with van der Waals surface area (Å²) in [5.74, 6) is -0.0285. The number of hydrogen-bond donors (Lipinski definition) is 2. The highest BCUT2D eigenvalue weighted by molar-refractivity contribution is 6.02. The van der Waals surface area contributed by atoms with Crippen molar-refractivity contribution in [3.05, 3.63) is 54.4 Å². The van der Waals surface area contributed by atoms with E-state index in [2.05, 4.69) is 15.7 Å². The van der Waals surface area contributed by atoms with Crippen LogP contribution in [0.15, 0.2) is 48.7 Å². The van der Waals surface area contributed by atoms with Gasteiger partial charge < -0.3 is 15.4 Å². The summed E-state index contributed by atoms with van der Waals surface area (Å²) in [6.07, 6.45) is 2.28.